The van der Waals surface area contributed by atoms with E-state index in [1.54, 1.807) is 6.07 Å². The predicted molar refractivity (Wildman–Crippen MR) is 145 cm³/mol. The molecule has 8 nitrogen and oxygen atoms in total. The van der Waals surface area contributed by atoms with Crippen LogP contribution in [0, 0.1) is 5.92 Å². The summed E-state index contributed by atoms with van der Waals surface area (Å²) in [6.45, 7) is 5.57. The van der Waals surface area contributed by atoms with Crippen molar-refractivity contribution < 1.29 is 28.6 Å². The van der Waals surface area contributed by atoms with Crippen molar-refractivity contribution in [2.45, 2.75) is 76.0 Å². The Morgan fingerprint density at radius 3 is 2.49 bits per heavy atom. The van der Waals surface area contributed by atoms with Crippen molar-refractivity contribution in [1.82, 2.24) is 10.2 Å². The van der Waals surface area contributed by atoms with Gasteiger partial charge in [-0.1, -0.05) is 42.5 Å². The molecule has 0 aromatic heterocycles. The summed E-state index contributed by atoms with van der Waals surface area (Å²) < 4.78 is 17.3. The number of esters is 2. The van der Waals surface area contributed by atoms with Crippen LogP contribution in [0.3, 0.4) is 0 Å². The molecule has 1 amide bonds. The number of benzene rings is 2. The van der Waals surface area contributed by atoms with E-state index in [9.17, 15) is 14.4 Å². The number of fused-ring (bicyclic) bond motifs is 1. The smallest absolute Gasteiger partial charge is 0.407 e. The summed E-state index contributed by atoms with van der Waals surface area (Å²) in [6.07, 6.45) is 4.66. The maximum atomic E-state index is 12.8. The third-order valence-corrected chi connectivity index (χ3v) is 8.43. The molecule has 1 heterocycles. The molecular weight excluding hydrogens is 496 g/mol. The van der Waals surface area contributed by atoms with Gasteiger partial charge >= 0.3 is 18.0 Å². The molecule has 0 radical (unpaired) electrons. The molecule has 2 saturated carbocycles. The van der Waals surface area contributed by atoms with Crippen LogP contribution in [-0.2, 0) is 31.1 Å². The highest BCUT2D eigenvalue weighted by atomic mass is 16.6. The fourth-order valence-corrected chi connectivity index (χ4v) is 6.59. The number of likely N-dealkylation sites (tertiary alicyclic amines) is 1. The zero-order valence-corrected chi connectivity index (χ0v) is 22.8. The Bertz CT molecular complexity index is 1200. The molecule has 0 spiro atoms. The summed E-state index contributed by atoms with van der Waals surface area (Å²) in [5, 5.41) is 3.09. The Morgan fingerprint density at radius 2 is 1.77 bits per heavy atom. The molecule has 2 aliphatic carbocycles. The molecule has 8 heteroatoms. The number of ether oxygens (including phenoxy) is 3. The van der Waals surface area contributed by atoms with Gasteiger partial charge in [0.2, 0.25) is 0 Å². The maximum absolute atomic E-state index is 12.8. The van der Waals surface area contributed by atoms with Crippen LogP contribution in [0.5, 0.6) is 5.75 Å². The van der Waals surface area contributed by atoms with Crippen molar-refractivity contribution in [2.24, 2.45) is 5.92 Å². The van der Waals surface area contributed by atoms with Crippen LogP contribution in [0.1, 0.15) is 63.5 Å². The number of hydrogen-bond donors (Lipinski definition) is 1. The van der Waals surface area contributed by atoms with Crippen LogP contribution in [0.4, 0.5) is 4.79 Å². The molecule has 3 fully saturated rings. The van der Waals surface area contributed by atoms with Crippen molar-refractivity contribution in [3.63, 3.8) is 0 Å². The van der Waals surface area contributed by atoms with E-state index in [1.807, 2.05) is 48.5 Å². The van der Waals surface area contributed by atoms with Gasteiger partial charge in [0.25, 0.3) is 0 Å². The van der Waals surface area contributed by atoms with E-state index in [1.165, 1.54) is 26.7 Å². The van der Waals surface area contributed by atoms with Crippen molar-refractivity contribution in [2.75, 3.05) is 19.6 Å². The molecule has 0 bridgehead atoms. The van der Waals surface area contributed by atoms with Crippen molar-refractivity contribution in [3.8, 4) is 5.75 Å². The molecule has 39 heavy (non-hydrogen) atoms. The summed E-state index contributed by atoms with van der Waals surface area (Å²) >= 11 is 0. The second-order valence-corrected chi connectivity index (χ2v) is 11.4. The summed E-state index contributed by atoms with van der Waals surface area (Å²) in [5.74, 6) is 0.484. The lowest BCUT2D eigenvalue weighted by molar-refractivity contribution is -0.187. The monoisotopic (exact) mass is 534 g/mol. The summed E-state index contributed by atoms with van der Waals surface area (Å²) in [5.41, 5.74) is 0.557. The number of piperidine rings is 1. The van der Waals surface area contributed by atoms with E-state index in [0.717, 1.165) is 36.6 Å². The first kappa shape index (κ1) is 27.2. The number of carbonyl (C=O) groups excluding carboxylic acids is 3. The van der Waals surface area contributed by atoms with Crippen LogP contribution >= 0.6 is 0 Å². The number of alkyl carbamates (subject to hydrolysis) is 1. The third-order valence-electron chi connectivity index (χ3n) is 8.43. The molecule has 3 unspecified atom stereocenters. The highest BCUT2D eigenvalue weighted by Gasteiger charge is 2.61. The molecule has 3 atom stereocenters. The van der Waals surface area contributed by atoms with Gasteiger partial charge < -0.3 is 19.5 Å². The van der Waals surface area contributed by atoms with Crippen LogP contribution < -0.4 is 10.1 Å². The largest absolute Gasteiger partial charge is 0.457 e. The van der Waals surface area contributed by atoms with Gasteiger partial charge in [-0.2, -0.15) is 0 Å². The Hall–Kier alpha value is -3.39. The lowest BCUT2D eigenvalue weighted by Crippen LogP contribution is -2.68. The number of amides is 1. The number of nitrogens with zero attached hydrogens (tertiary/aromatic N) is 1. The van der Waals surface area contributed by atoms with Crippen LogP contribution in [0.25, 0.3) is 0 Å². The van der Waals surface area contributed by atoms with E-state index in [2.05, 4.69) is 10.2 Å². The second-order valence-electron chi connectivity index (χ2n) is 11.4. The number of hydrogen-bond acceptors (Lipinski definition) is 7. The van der Waals surface area contributed by atoms with Crippen molar-refractivity contribution in [1.29, 1.82) is 0 Å². The minimum Gasteiger partial charge on any atom is -0.457 e. The van der Waals surface area contributed by atoms with Gasteiger partial charge in [0.1, 0.15) is 18.0 Å². The first-order valence-electron chi connectivity index (χ1n) is 14.0. The molecule has 3 aliphatic rings. The van der Waals surface area contributed by atoms with Gasteiger partial charge in [-0.15, -0.1) is 0 Å². The minimum atomic E-state index is -0.757. The topological polar surface area (TPSA) is 94.2 Å². The molecule has 2 aromatic carbocycles. The number of rotatable bonds is 8. The Kier molecular flexibility index (Phi) is 7.93. The highest BCUT2D eigenvalue weighted by Crippen LogP contribution is 2.54. The summed E-state index contributed by atoms with van der Waals surface area (Å²) in [6, 6.07) is 17.0. The Morgan fingerprint density at radius 1 is 0.974 bits per heavy atom. The molecule has 5 rings (SSSR count). The van der Waals surface area contributed by atoms with E-state index in [4.69, 9.17) is 14.2 Å². The zero-order chi connectivity index (χ0) is 27.5. The Balaban J connectivity index is 1.42. The average Bonchev–Trinajstić information content (AvgIpc) is 3.72. The van der Waals surface area contributed by atoms with Gasteiger partial charge in [-0.05, 0) is 74.2 Å². The zero-order valence-electron chi connectivity index (χ0n) is 22.8. The Labute approximate surface area is 230 Å². The molecule has 208 valence electrons. The highest BCUT2D eigenvalue weighted by molar-refractivity contribution is 5.70. The van der Waals surface area contributed by atoms with Crippen molar-refractivity contribution in [3.05, 3.63) is 65.7 Å². The molecule has 1 saturated heterocycles. The molecular formula is C31H38N2O6. The average molecular weight is 535 g/mol. The van der Waals surface area contributed by atoms with E-state index < -0.39 is 17.1 Å². The van der Waals surface area contributed by atoms with E-state index in [0.29, 0.717) is 31.6 Å². The SMILES string of the molecule is CC(=O)Oc1cccc(C23CCN(CC4CC4)CC2(OC(C)=O)CCC(NC(=O)OCc2ccccc2)C3)c1. The fourth-order valence-electron chi connectivity index (χ4n) is 6.59. The first-order chi connectivity index (χ1) is 18.8. The van der Waals surface area contributed by atoms with E-state index >= 15 is 0 Å². The lowest BCUT2D eigenvalue weighted by atomic mass is 9.55. The quantitative estimate of drug-likeness (QED) is 0.386. The second kappa shape index (κ2) is 11.4. The number of carbonyl (C=O) groups is 3. The first-order valence-corrected chi connectivity index (χ1v) is 14.0. The van der Waals surface area contributed by atoms with Gasteiger partial charge in [0.15, 0.2) is 0 Å². The number of nitrogens with one attached hydrogen (secondary N) is 1. The van der Waals surface area contributed by atoms with Gasteiger partial charge in [0.05, 0.1) is 0 Å². The van der Waals surface area contributed by atoms with Gasteiger partial charge in [-0.25, -0.2) is 4.79 Å². The summed E-state index contributed by atoms with van der Waals surface area (Å²) in [4.78, 5) is 39.5. The lowest BCUT2D eigenvalue weighted by Gasteiger charge is -2.59. The third kappa shape index (κ3) is 6.27. The van der Waals surface area contributed by atoms with E-state index in [-0.39, 0.29) is 24.6 Å². The minimum absolute atomic E-state index is 0.163. The molecule has 2 aromatic rings. The normalized spacial score (nSPS) is 26.7. The van der Waals surface area contributed by atoms with Gasteiger partial charge in [-0.3, -0.25) is 14.5 Å². The summed E-state index contributed by atoms with van der Waals surface area (Å²) in [7, 11) is 0. The van der Waals surface area contributed by atoms with Gasteiger partial charge in [0, 0.05) is 38.4 Å². The molecule has 1 aliphatic heterocycles. The maximum Gasteiger partial charge on any atom is 0.407 e. The van der Waals surface area contributed by atoms with Crippen LogP contribution in [0.2, 0.25) is 0 Å². The standard InChI is InChI=1S/C31H38N2O6/c1-22(34)38-28-10-6-9-26(17-28)30-15-16-33(19-24-11-12-24)21-31(30,39-23(2)35)14-13-27(18-30)32-29(36)37-20-25-7-4-3-5-8-25/h3-10,17,24,27H,11-16,18-21H2,1-2H3,(H,32,36). The van der Waals surface area contributed by atoms with Crippen LogP contribution in [0.15, 0.2) is 54.6 Å². The molecule has 1 N–H and O–H groups in total. The fraction of sp³-hybridized carbons (Fsp3) is 0.516. The predicted octanol–water partition coefficient (Wildman–Crippen LogP) is 4.75. The van der Waals surface area contributed by atoms with Crippen molar-refractivity contribution >= 4 is 18.0 Å². The van der Waals surface area contributed by atoms with Crippen LogP contribution in [-0.4, -0.2) is 54.2 Å².